The SMILES string of the molecule is COC(=O)[C@@H](CS)N=C1C=CCCN1C(=O)Cc1ccccc1. The fourth-order valence-corrected chi connectivity index (χ4v) is 2.52. The van der Waals surface area contributed by atoms with Gasteiger partial charge in [0, 0.05) is 12.3 Å². The van der Waals surface area contributed by atoms with E-state index in [1.807, 2.05) is 36.4 Å². The number of aliphatic imine (C=N–C) groups is 1. The van der Waals surface area contributed by atoms with E-state index in [4.69, 9.17) is 4.74 Å². The summed E-state index contributed by atoms with van der Waals surface area (Å²) in [6.07, 6.45) is 4.78. The first-order valence-corrected chi connectivity index (χ1v) is 8.06. The number of benzene rings is 1. The van der Waals surface area contributed by atoms with Crippen LogP contribution in [0.2, 0.25) is 0 Å². The third kappa shape index (κ3) is 4.69. The van der Waals surface area contributed by atoms with Crippen LogP contribution in [-0.2, 0) is 20.7 Å². The second kappa shape index (κ2) is 8.53. The maximum atomic E-state index is 12.6. The lowest BCUT2D eigenvalue weighted by Crippen LogP contribution is -2.41. The smallest absolute Gasteiger partial charge is 0.331 e. The molecule has 0 saturated carbocycles. The maximum absolute atomic E-state index is 12.6. The van der Waals surface area contributed by atoms with E-state index in [1.165, 1.54) is 7.11 Å². The van der Waals surface area contributed by atoms with Crippen LogP contribution in [-0.4, -0.2) is 48.1 Å². The van der Waals surface area contributed by atoms with Crippen molar-refractivity contribution in [3.8, 4) is 0 Å². The Kier molecular flexibility index (Phi) is 6.40. The monoisotopic (exact) mass is 332 g/mol. The third-order valence-corrected chi connectivity index (χ3v) is 3.84. The summed E-state index contributed by atoms with van der Waals surface area (Å²) in [6.45, 7) is 0.557. The van der Waals surface area contributed by atoms with Crippen LogP contribution in [0.3, 0.4) is 0 Å². The zero-order valence-corrected chi connectivity index (χ0v) is 13.9. The molecule has 1 amide bonds. The molecule has 0 unspecified atom stereocenters. The lowest BCUT2D eigenvalue weighted by molar-refractivity contribution is -0.141. The second-order valence-electron chi connectivity index (χ2n) is 5.11. The van der Waals surface area contributed by atoms with Crippen LogP contribution in [0, 0.1) is 0 Å². The molecule has 0 aliphatic carbocycles. The number of rotatable bonds is 5. The molecule has 0 saturated heterocycles. The molecule has 0 bridgehead atoms. The van der Waals surface area contributed by atoms with E-state index in [2.05, 4.69) is 17.6 Å². The van der Waals surface area contributed by atoms with Gasteiger partial charge in [-0.05, 0) is 18.1 Å². The van der Waals surface area contributed by atoms with E-state index in [0.717, 1.165) is 12.0 Å². The summed E-state index contributed by atoms with van der Waals surface area (Å²) in [5.74, 6) is 0.218. The van der Waals surface area contributed by atoms with E-state index in [0.29, 0.717) is 18.8 Å². The number of esters is 1. The minimum atomic E-state index is -0.715. The third-order valence-electron chi connectivity index (χ3n) is 3.50. The van der Waals surface area contributed by atoms with E-state index in [1.54, 1.807) is 11.0 Å². The van der Waals surface area contributed by atoms with Gasteiger partial charge in [0.1, 0.15) is 5.84 Å². The highest BCUT2D eigenvalue weighted by Gasteiger charge is 2.23. The van der Waals surface area contributed by atoms with Gasteiger partial charge in [0.2, 0.25) is 5.91 Å². The van der Waals surface area contributed by atoms with E-state index in [-0.39, 0.29) is 11.7 Å². The van der Waals surface area contributed by atoms with Gasteiger partial charge in [-0.3, -0.25) is 14.7 Å². The Labute approximate surface area is 141 Å². The Morgan fingerprint density at radius 3 is 2.74 bits per heavy atom. The number of nitrogens with zero attached hydrogens (tertiary/aromatic N) is 2. The van der Waals surface area contributed by atoms with Gasteiger partial charge in [0.25, 0.3) is 0 Å². The molecule has 122 valence electrons. The van der Waals surface area contributed by atoms with Gasteiger partial charge < -0.3 is 4.74 Å². The first-order chi connectivity index (χ1) is 11.2. The molecule has 1 aliphatic rings. The van der Waals surface area contributed by atoms with Crippen molar-refractivity contribution < 1.29 is 14.3 Å². The zero-order valence-electron chi connectivity index (χ0n) is 13.0. The number of carbonyl (C=O) groups excluding carboxylic acids is 2. The summed E-state index contributed by atoms with van der Waals surface area (Å²) in [5, 5.41) is 0. The molecule has 23 heavy (non-hydrogen) atoms. The van der Waals surface area contributed by atoms with Crippen molar-refractivity contribution in [3.63, 3.8) is 0 Å². The van der Waals surface area contributed by atoms with Gasteiger partial charge in [-0.1, -0.05) is 36.4 Å². The number of carbonyl (C=O) groups is 2. The number of thiol groups is 1. The van der Waals surface area contributed by atoms with Gasteiger partial charge in [-0.2, -0.15) is 12.6 Å². The Hall–Kier alpha value is -2.08. The van der Waals surface area contributed by atoms with Crippen molar-refractivity contribution in [2.45, 2.75) is 18.9 Å². The lowest BCUT2D eigenvalue weighted by atomic mass is 10.1. The molecule has 1 aliphatic heterocycles. The van der Waals surface area contributed by atoms with E-state index in [9.17, 15) is 9.59 Å². The molecule has 6 heteroatoms. The highest BCUT2D eigenvalue weighted by Crippen LogP contribution is 2.11. The number of methoxy groups -OCH3 is 1. The average Bonchev–Trinajstić information content (AvgIpc) is 2.60. The first kappa shape index (κ1) is 17.3. The predicted octanol–water partition coefficient (Wildman–Crippen LogP) is 1.89. The first-order valence-electron chi connectivity index (χ1n) is 7.43. The molecule has 1 heterocycles. The van der Waals surface area contributed by atoms with Crippen molar-refractivity contribution >= 4 is 30.3 Å². The molecule has 0 fully saturated rings. The minimum Gasteiger partial charge on any atom is -0.467 e. The predicted molar refractivity (Wildman–Crippen MR) is 92.7 cm³/mol. The summed E-state index contributed by atoms with van der Waals surface area (Å²) in [7, 11) is 1.31. The number of hydrogen-bond donors (Lipinski definition) is 1. The number of amidine groups is 1. The molecule has 1 aromatic carbocycles. The largest absolute Gasteiger partial charge is 0.467 e. The number of hydrogen-bond acceptors (Lipinski definition) is 5. The van der Waals surface area contributed by atoms with Crippen LogP contribution in [0.1, 0.15) is 12.0 Å². The molecule has 1 atom stereocenters. The standard InChI is InChI=1S/C17H20N2O3S/c1-22-17(21)14(12-23)18-15-9-5-6-10-19(15)16(20)11-13-7-3-2-4-8-13/h2-5,7-9,14,23H,6,10-12H2,1H3/t14-/m1/s1. The summed E-state index contributed by atoms with van der Waals surface area (Å²) in [6, 6.07) is 8.84. The van der Waals surface area contributed by atoms with Gasteiger partial charge in [0.05, 0.1) is 13.5 Å². The van der Waals surface area contributed by atoms with Crippen molar-refractivity contribution in [2.24, 2.45) is 4.99 Å². The van der Waals surface area contributed by atoms with Crippen LogP contribution >= 0.6 is 12.6 Å². The van der Waals surface area contributed by atoms with Crippen LogP contribution in [0.4, 0.5) is 0 Å². The molecule has 2 rings (SSSR count). The van der Waals surface area contributed by atoms with Crippen molar-refractivity contribution in [1.29, 1.82) is 0 Å². The fourth-order valence-electron chi connectivity index (χ4n) is 2.29. The van der Waals surface area contributed by atoms with Gasteiger partial charge in [0.15, 0.2) is 6.04 Å². The summed E-state index contributed by atoms with van der Waals surface area (Å²) >= 11 is 4.13. The Bertz CT molecular complexity index is 614. The summed E-state index contributed by atoms with van der Waals surface area (Å²) in [4.78, 5) is 30.2. The van der Waals surface area contributed by atoms with Crippen molar-refractivity contribution in [3.05, 3.63) is 48.0 Å². The van der Waals surface area contributed by atoms with Crippen LogP contribution < -0.4 is 0 Å². The van der Waals surface area contributed by atoms with Gasteiger partial charge in [-0.15, -0.1) is 0 Å². The van der Waals surface area contributed by atoms with Crippen LogP contribution in [0.5, 0.6) is 0 Å². The molecule has 5 nitrogen and oxygen atoms in total. The fraction of sp³-hybridized carbons (Fsp3) is 0.353. The molecule has 0 spiro atoms. The van der Waals surface area contributed by atoms with Gasteiger partial charge in [-0.25, -0.2) is 4.79 Å². The average molecular weight is 332 g/mol. The Morgan fingerprint density at radius 1 is 1.35 bits per heavy atom. The maximum Gasteiger partial charge on any atom is 0.331 e. The summed E-state index contributed by atoms with van der Waals surface area (Å²) < 4.78 is 4.71. The van der Waals surface area contributed by atoms with E-state index >= 15 is 0 Å². The molecule has 0 aromatic heterocycles. The molecular weight excluding hydrogens is 312 g/mol. The summed E-state index contributed by atoms with van der Waals surface area (Å²) in [5.41, 5.74) is 0.949. The molecule has 1 aromatic rings. The van der Waals surface area contributed by atoms with Crippen LogP contribution in [0.15, 0.2) is 47.5 Å². The lowest BCUT2D eigenvalue weighted by Gasteiger charge is -2.26. The Balaban J connectivity index is 2.17. The van der Waals surface area contributed by atoms with E-state index < -0.39 is 12.0 Å². The highest BCUT2D eigenvalue weighted by atomic mass is 32.1. The number of amides is 1. The minimum absolute atomic E-state index is 0.0397. The van der Waals surface area contributed by atoms with Crippen molar-refractivity contribution in [2.75, 3.05) is 19.4 Å². The normalized spacial score (nSPS) is 17.1. The van der Waals surface area contributed by atoms with Crippen LogP contribution in [0.25, 0.3) is 0 Å². The van der Waals surface area contributed by atoms with Gasteiger partial charge >= 0.3 is 5.97 Å². The quantitative estimate of drug-likeness (QED) is 0.662. The number of ether oxygens (including phenoxy) is 1. The zero-order chi connectivity index (χ0) is 16.7. The van der Waals surface area contributed by atoms with Crippen molar-refractivity contribution in [1.82, 2.24) is 4.90 Å². The second-order valence-corrected chi connectivity index (χ2v) is 5.47. The highest BCUT2D eigenvalue weighted by molar-refractivity contribution is 7.80. The molecular formula is C17H20N2O3S. The Morgan fingerprint density at radius 2 is 2.09 bits per heavy atom. The molecule has 0 radical (unpaired) electrons. The topological polar surface area (TPSA) is 59.0 Å². The molecule has 0 N–H and O–H groups in total.